The van der Waals surface area contributed by atoms with Gasteiger partial charge in [-0.3, -0.25) is 9.78 Å². The highest BCUT2D eigenvalue weighted by Gasteiger charge is 2.28. The Labute approximate surface area is 171 Å². The van der Waals surface area contributed by atoms with Crippen molar-refractivity contribution in [3.05, 3.63) is 63.7 Å². The number of fused-ring (bicyclic) bond motifs is 1. The number of hydrogen-bond acceptors (Lipinski definition) is 6. The molecule has 3 aromatic rings. The van der Waals surface area contributed by atoms with Crippen molar-refractivity contribution in [2.45, 2.75) is 18.9 Å². The molecule has 0 saturated carbocycles. The Kier molecular flexibility index (Phi) is 5.40. The molecule has 1 fully saturated rings. The van der Waals surface area contributed by atoms with Gasteiger partial charge in [-0.2, -0.15) is 0 Å². The molecule has 150 valence electrons. The molecule has 1 amide bonds. The minimum atomic E-state index is -0.688. The molecule has 1 aliphatic heterocycles. The SMILES string of the molecule is COc1cccc2cc(C(=O)N3CCCC(Oc4ccncc4Cl)C3)c(=O)oc12. The Balaban J connectivity index is 1.57. The molecule has 1 saturated heterocycles. The summed E-state index contributed by atoms with van der Waals surface area (Å²) >= 11 is 6.11. The van der Waals surface area contributed by atoms with E-state index in [-0.39, 0.29) is 17.6 Å². The number of aromatic nitrogens is 1. The van der Waals surface area contributed by atoms with E-state index in [1.54, 1.807) is 41.4 Å². The summed E-state index contributed by atoms with van der Waals surface area (Å²) in [5, 5.41) is 1.04. The summed E-state index contributed by atoms with van der Waals surface area (Å²) in [5.74, 6) is 0.593. The Morgan fingerprint density at radius 1 is 1.31 bits per heavy atom. The normalized spacial score (nSPS) is 16.6. The number of hydrogen-bond donors (Lipinski definition) is 0. The van der Waals surface area contributed by atoms with E-state index in [0.29, 0.717) is 40.6 Å². The Morgan fingerprint density at radius 2 is 2.17 bits per heavy atom. The third-order valence-electron chi connectivity index (χ3n) is 4.87. The Bertz CT molecular complexity index is 1110. The third kappa shape index (κ3) is 3.91. The molecule has 4 rings (SSSR count). The minimum Gasteiger partial charge on any atom is -0.493 e. The fourth-order valence-electron chi connectivity index (χ4n) is 3.45. The largest absolute Gasteiger partial charge is 0.493 e. The van der Waals surface area contributed by atoms with Gasteiger partial charge < -0.3 is 18.8 Å². The summed E-state index contributed by atoms with van der Waals surface area (Å²) in [6.45, 7) is 0.894. The number of halogens is 1. The van der Waals surface area contributed by atoms with Crippen LogP contribution in [0.5, 0.6) is 11.5 Å². The summed E-state index contributed by atoms with van der Waals surface area (Å²) in [6.07, 6.45) is 4.43. The maximum Gasteiger partial charge on any atom is 0.349 e. The molecule has 0 aliphatic carbocycles. The van der Waals surface area contributed by atoms with Crippen LogP contribution in [0.25, 0.3) is 11.0 Å². The number of benzene rings is 1. The summed E-state index contributed by atoms with van der Waals surface area (Å²) in [5.41, 5.74) is -0.371. The van der Waals surface area contributed by atoms with Crippen molar-refractivity contribution >= 4 is 28.5 Å². The Hall–Kier alpha value is -3.06. The predicted molar refractivity (Wildman–Crippen MR) is 108 cm³/mol. The number of pyridine rings is 1. The number of carbonyl (C=O) groups is 1. The van der Waals surface area contributed by atoms with E-state index in [2.05, 4.69) is 4.98 Å². The second-order valence-corrected chi connectivity index (χ2v) is 7.17. The smallest absolute Gasteiger partial charge is 0.349 e. The lowest BCUT2D eigenvalue weighted by atomic mass is 10.1. The molecule has 0 spiro atoms. The van der Waals surface area contributed by atoms with E-state index in [9.17, 15) is 9.59 Å². The van der Waals surface area contributed by atoms with Gasteiger partial charge in [0.1, 0.15) is 22.4 Å². The zero-order valence-electron chi connectivity index (χ0n) is 15.8. The highest BCUT2D eigenvalue weighted by atomic mass is 35.5. The summed E-state index contributed by atoms with van der Waals surface area (Å²) < 4.78 is 16.6. The molecule has 2 aromatic heterocycles. The van der Waals surface area contributed by atoms with Crippen LogP contribution in [0, 0.1) is 0 Å². The van der Waals surface area contributed by atoms with Crippen molar-refractivity contribution in [3.63, 3.8) is 0 Å². The van der Waals surface area contributed by atoms with Crippen LogP contribution in [0.4, 0.5) is 0 Å². The van der Waals surface area contributed by atoms with Crippen LogP contribution < -0.4 is 15.1 Å². The number of methoxy groups -OCH3 is 1. The standard InChI is InChI=1S/C21H19ClN2O5/c1-27-18-6-2-4-13-10-15(21(26)29-19(13)18)20(25)24-9-3-5-14(12-24)28-17-7-8-23-11-16(17)22/h2,4,6-8,10-11,14H,3,5,9,12H2,1H3. The predicted octanol–water partition coefficient (Wildman–Crippen LogP) is 3.53. The van der Waals surface area contributed by atoms with Gasteiger partial charge in [-0.25, -0.2) is 4.79 Å². The summed E-state index contributed by atoms with van der Waals surface area (Å²) in [4.78, 5) is 31.1. The molecule has 7 nitrogen and oxygen atoms in total. The van der Waals surface area contributed by atoms with Crippen molar-refractivity contribution in [1.82, 2.24) is 9.88 Å². The van der Waals surface area contributed by atoms with Gasteiger partial charge >= 0.3 is 5.63 Å². The molecule has 0 bridgehead atoms. The fraction of sp³-hybridized carbons (Fsp3) is 0.286. The molecule has 1 unspecified atom stereocenters. The van der Waals surface area contributed by atoms with Crippen LogP contribution in [-0.2, 0) is 0 Å². The molecule has 1 aliphatic rings. The van der Waals surface area contributed by atoms with Crippen molar-refractivity contribution in [1.29, 1.82) is 0 Å². The van der Waals surface area contributed by atoms with Crippen LogP contribution in [0.3, 0.4) is 0 Å². The highest BCUT2D eigenvalue weighted by molar-refractivity contribution is 6.31. The average molecular weight is 415 g/mol. The maximum atomic E-state index is 13.0. The number of nitrogens with zero attached hydrogens (tertiary/aromatic N) is 2. The van der Waals surface area contributed by atoms with Crippen LogP contribution in [0.15, 0.2) is 51.9 Å². The number of piperidine rings is 1. The molecule has 0 N–H and O–H groups in total. The van der Waals surface area contributed by atoms with Crippen molar-refractivity contribution in [2.75, 3.05) is 20.2 Å². The van der Waals surface area contributed by atoms with Crippen molar-refractivity contribution in [3.8, 4) is 11.5 Å². The van der Waals surface area contributed by atoms with Crippen LogP contribution in [0.2, 0.25) is 5.02 Å². The molecule has 29 heavy (non-hydrogen) atoms. The van der Waals surface area contributed by atoms with Gasteiger partial charge in [0.15, 0.2) is 11.3 Å². The van der Waals surface area contributed by atoms with Crippen LogP contribution in [0.1, 0.15) is 23.2 Å². The van der Waals surface area contributed by atoms with Gasteiger partial charge in [-0.1, -0.05) is 23.7 Å². The summed E-state index contributed by atoms with van der Waals surface area (Å²) in [6, 6.07) is 8.48. The van der Waals surface area contributed by atoms with Crippen molar-refractivity contribution < 1.29 is 18.7 Å². The zero-order chi connectivity index (χ0) is 20.4. The molecular formula is C21H19ClN2O5. The molecule has 3 heterocycles. The monoisotopic (exact) mass is 414 g/mol. The van der Waals surface area contributed by atoms with Gasteiger partial charge in [0.05, 0.1) is 13.7 Å². The highest BCUT2D eigenvalue weighted by Crippen LogP contribution is 2.27. The third-order valence-corrected chi connectivity index (χ3v) is 5.15. The first-order valence-corrected chi connectivity index (χ1v) is 9.61. The molecule has 8 heteroatoms. The van der Waals surface area contributed by atoms with Gasteiger partial charge in [0.2, 0.25) is 0 Å². The van der Waals surface area contributed by atoms with E-state index >= 15 is 0 Å². The first-order valence-electron chi connectivity index (χ1n) is 9.23. The van der Waals surface area contributed by atoms with Crippen LogP contribution >= 0.6 is 11.6 Å². The maximum absolute atomic E-state index is 13.0. The number of amides is 1. The topological polar surface area (TPSA) is 81.9 Å². The first kappa shape index (κ1) is 19.3. The second kappa shape index (κ2) is 8.13. The number of likely N-dealkylation sites (tertiary alicyclic amines) is 1. The van der Waals surface area contributed by atoms with E-state index in [4.69, 9.17) is 25.5 Å². The fourth-order valence-corrected chi connectivity index (χ4v) is 3.62. The molecule has 0 radical (unpaired) electrons. The number of rotatable bonds is 4. The van der Waals surface area contributed by atoms with E-state index < -0.39 is 5.63 Å². The molecular weight excluding hydrogens is 396 g/mol. The minimum absolute atomic E-state index is 0.00616. The van der Waals surface area contributed by atoms with E-state index in [1.165, 1.54) is 13.3 Å². The number of carbonyl (C=O) groups excluding carboxylic acids is 1. The quantitative estimate of drug-likeness (QED) is 0.607. The number of para-hydroxylation sites is 1. The van der Waals surface area contributed by atoms with Gasteiger partial charge in [-0.05, 0) is 25.0 Å². The lowest BCUT2D eigenvalue weighted by Crippen LogP contribution is -2.45. The zero-order valence-corrected chi connectivity index (χ0v) is 16.5. The lowest BCUT2D eigenvalue weighted by molar-refractivity contribution is 0.0534. The van der Waals surface area contributed by atoms with E-state index in [0.717, 1.165) is 12.8 Å². The molecule has 1 aromatic carbocycles. The van der Waals surface area contributed by atoms with Gasteiger partial charge in [0, 0.05) is 30.4 Å². The first-order chi connectivity index (χ1) is 14.1. The van der Waals surface area contributed by atoms with E-state index in [1.807, 2.05) is 0 Å². The van der Waals surface area contributed by atoms with Crippen LogP contribution in [-0.4, -0.2) is 42.1 Å². The lowest BCUT2D eigenvalue weighted by Gasteiger charge is -2.32. The number of ether oxygens (including phenoxy) is 2. The summed E-state index contributed by atoms with van der Waals surface area (Å²) in [7, 11) is 1.50. The average Bonchev–Trinajstić information content (AvgIpc) is 2.74. The molecule has 1 atom stereocenters. The van der Waals surface area contributed by atoms with Crippen molar-refractivity contribution in [2.24, 2.45) is 0 Å². The van der Waals surface area contributed by atoms with Gasteiger partial charge in [0.25, 0.3) is 5.91 Å². The van der Waals surface area contributed by atoms with Gasteiger partial charge in [-0.15, -0.1) is 0 Å². The Morgan fingerprint density at radius 3 is 2.97 bits per heavy atom. The second-order valence-electron chi connectivity index (χ2n) is 6.77.